The molecule has 0 aliphatic carbocycles. The van der Waals surface area contributed by atoms with Crippen molar-refractivity contribution in [3.63, 3.8) is 0 Å². The van der Waals surface area contributed by atoms with Crippen LogP contribution in [0.1, 0.15) is 17.4 Å². The molecule has 0 aliphatic rings. The van der Waals surface area contributed by atoms with Gasteiger partial charge in [0.05, 0.1) is 23.8 Å². The molecule has 3 aromatic rings. The minimum absolute atomic E-state index is 0.0878. The summed E-state index contributed by atoms with van der Waals surface area (Å²) in [6.45, 7) is 0.248. The van der Waals surface area contributed by atoms with Crippen molar-refractivity contribution in [1.82, 2.24) is 0 Å². The number of benzene rings is 2. The lowest BCUT2D eigenvalue weighted by atomic mass is 10.0. The van der Waals surface area contributed by atoms with E-state index in [1.165, 1.54) is 11.8 Å². The van der Waals surface area contributed by atoms with Gasteiger partial charge in [-0.05, 0) is 24.3 Å². The highest BCUT2D eigenvalue weighted by atomic mass is 32.2. The van der Waals surface area contributed by atoms with E-state index < -0.39 is 0 Å². The zero-order chi connectivity index (χ0) is 18.9. The van der Waals surface area contributed by atoms with Crippen LogP contribution in [0.15, 0.2) is 82.3 Å². The smallest absolute Gasteiger partial charge is 0.279 e. The number of hydrogen-bond donors (Lipinski definition) is 2. The van der Waals surface area contributed by atoms with Gasteiger partial charge in [0.2, 0.25) is 0 Å². The molecule has 1 amide bonds. The van der Waals surface area contributed by atoms with Gasteiger partial charge >= 0.3 is 0 Å². The fourth-order valence-electron chi connectivity index (χ4n) is 2.78. The van der Waals surface area contributed by atoms with Gasteiger partial charge in [-0.15, -0.1) is 11.8 Å². The predicted molar refractivity (Wildman–Crippen MR) is 105 cm³/mol. The maximum Gasteiger partial charge on any atom is 0.279 e. The molecule has 136 valence electrons. The summed E-state index contributed by atoms with van der Waals surface area (Å²) < 4.78 is 5.57. The van der Waals surface area contributed by atoms with Crippen molar-refractivity contribution in [2.75, 3.05) is 17.6 Å². The fourth-order valence-corrected chi connectivity index (χ4v) is 3.45. The lowest BCUT2D eigenvalue weighted by molar-refractivity contribution is -0.678. The standard InChI is InChI=1S/C21H19N3O2S/c22-12-14-27-19-11-5-4-9-17(19)24-20(25)15-23-21(18-10-6-13-26-18)16-7-2-1-3-8-16/h1-11,13,21,23H,14-15H2,(H,24,25)/p+1/t21-/m1/s1. The first kappa shape index (κ1) is 18.8. The number of quaternary nitrogens is 1. The highest BCUT2D eigenvalue weighted by Gasteiger charge is 2.21. The summed E-state index contributed by atoms with van der Waals surface area (Å²) in [5, 5.41) is 13.7. The SMILES string of the molecule is N#CCSc1ccccc1NC(=O)C[NH2+][C@H](c1ccccc1)c1ccco1. The molecule has 3 rings (SSSR count). The number of rotatable bonds is 8. The molecule has 0 unspecified atom stereocenters. The molecule has 0 saturated carbocycles. The number of thioether (sulfide) groups is 1. The Morgan fingerprint density at radius 3 is 2.63 bits per heavy atom. The summed E-state index contributed by atoms with van der Waals surface area (Å²) in [5.41, 5.74) is 1.80. The highest BCUT2D eigenvalue weighted by molar-refractivity contribution is 7.99. The van der Waals surface area contributed by atoms with E-state index in [0.29, 0.717) is 5.75 Å². The number of furan rings is 1. The molecule has 6 heteroatoms. The third-order valence-electron chi connectivity index (χ3n) is 4.00. The number of nitriles is 1. The number of hydrogen-bond acceptors (Lipinski definition) is 4. The Balaban J connectivity index is 1.66. The Hall–Kier alpha value is -3.01. The van der Waals surface area contributed by atoms with Crippen LogP contribution in [0.4, 0.5) is 5.69 Å². The van der Waals surface area contributed by atoms with Crippen LogP contribution < -0.4 is 10.6 Å². The lowest BCUT2D eigenvalue weighted by Gasteiger charge is -2.14. The molecule has 0 spiro atoms. The first-order chi connectivity index (χ1) is 13.3. The number of anilines is 1. The van der Waals surface area contributed by atoms with Crippen LogP contribution in [0.25, 0.3) is 0 Å². The Bertz CT molecular complexity index is 905. The average Bonchev–Trinajstić information content (AvgIpc) is 3.23. The molecule has 1 heterocycles. The summed E-state index contributed by atoms with van der Waals surface area (Å²) in [6.07, 6.45) is 1.64. The normalized spacial score (nSPS) is 11.5. The molecule has 0 saturated heterocycles. The highest BCUT2D eigenvalue weighted by Crippen LogP contribution is 2.26. The minimum atomic E-state index is -0.104. The van der Waals surface area contributed by atoms with Crippen molar-refractivity contribution in [2.45, 2.75) is 10.9 Å². The maximum absolute atomic E-state index is 12.5. The third-order valence-corrected chi connectivity index (χ3v) is 4.94. The lowest BCUT2D eigenvalue weighted by Crippen LogP contribution is -2.87. The van der Waals surface area contributed by atoms with Gasteiger partial charge in [-0.1, -0.05) is 42.5 Å². The zero-order valence-corrected chi connectivity index (χ0v) is 15.5. The summed E-state index contributed by atoms with van der Waals surface area (Å²) in [4.78, 5) is 13.4. The number of carbonyl (C=O) groups excluding carboxylic acids is 1. The summed E-state index contributed by atoms with van der Waals surface area (Å²) in [5.74, 6) is 1.04. The van der Waals surface area contributed by atoms with Crippen molar-refractivity contribution in [1.29, 1.82) is 5.26 Å². The van der Waals surface area contributed by atoms with E-state index in [9.17, 15) is 4.79 Å². The molecule has 0 radical (unpaired) electrons. The van der Waals surface area contributed by atoms with E-state index >= 15 is 0 Å². The van der Waals surface area contributed by atoms with Crippen LogP contribution in [0, 0.1) is 11.3 Å². The van der Waals surface area contributed by atoms with Gasteiger partial charge in [0.1, 0.15) is 0 Å². The van der Waals surface area contributed by atoms with E-state index in [-0.39, 0.29) is 18.5 Å². The van der Waals surface area contributed by atoms with Crippen LogP contribution in [-0.2, 0) is 4.79 Å². The summed E-state index contributed by atoms with van der Waals surface area (Å²) in [7, 11) is 0. The van der Waals surface area contributed by atoms with Crippen molar-refractivity contribution in [3.05, 3.63) is 84.3 Å². The van der Waals surface area contributed by atoms with Crippen LogP contribution in [0.5, 0.6) is 0 Å². The summed E-state index contributed by atoms with van der Waals surface area (Å²) >= 11 is 1.41. The number of nitrogens with zero attached hydrogens (tertiary/aromatic N) is 1. The van der Waals surface area contributed by atoms with Crippen LogP contribution in [0.3, 0.4) is 0 Å². The van der Waals surface area contributed by atoms with Gasteiger partial charge in [0.15, 0.2) is 18.3 Å². The molecule has 2 aromatic carbocycles. The minimum Gasteiger partial charge on any atom is -0.463 e. The number of nitrogens with one attached hydrogen (secondary N) is 1. The molecule has 5 nitrogen and oxygen atoms in total. The fraction of sp³-hybridized carbons (Fsp3) is 0.143. The molecule has 0 bridgehead atoms. The Morgan fingerprint density at radius 1 is 1.11 bits per heavy atom. The number of carbonyl (C=O) groups is 1. The first-order valence-electron chi connectivity index (χ1n) is 8.58. The first-order valence-corrected chi connectivity index (χ1v) is 9.57. The van der Waals surface area contributed by atoms with Gasteiger partial charge in [-0.3, -0.25) is 4.79 Å². The second-order valence-electron chi connectivity index (χ2n) is 5.83. The second-order valence-corrected chi connectivity index (χ2v) is 6.85. The Morgan fingerprint density at radius 2 is 1.89 bits per heavy atom. The van der Waals surface area contributed by atoms with Crippen molar-refractivity contribution in [3.8, 4) is 6.07 Å². The molecule has 0 aliphatic heterocycles. The topological polar surface area (TPSA) is 82.6 Å². The van der Waals surface area contributed by atoms with Gasteiger partial charge < -0.3 is 15.1 Å². The van der Waals surface area contributed by atoms with Gasteiger partial charge in [-0.25, -0.2) is 0 Å². The second kappa shape index (κ2) is 9.62. The van der Waals surface area contributed by atoms with Crippen LogP contribution in [0.2, 0.25) is 0 Å². The molecular weight excluding hydrogens is 358 g/mol. The number of amides is 1. The van der Waals surface area contributed by atoms with Crippen LogP contribution in [-0.4, -0.2) is 18.2 Å². The Kier molecular flexibility index (Phi) is 6.69. The largest absolute Gasteiger partial charge is 0.463 e. The number of para-hydroxylation sites is 1. The maximum atomic E-state index is 12.5. The summed E-state index contributed by atoms with van der Waals surface area (Å²) in [6, 6.07) is 23.2. The van der Waals surface area contributed by atoms with Gasteiger partial charge in [0.25, 0.3) is 5.91 Å². The molecule has 1 atom stereocenters. The van der Waals surface area contributed by atoms with Crippen molar-refractivity contribution in [2.24, 2.45) is 0 Å². The molecule has 27 heavy (non-hydrogen) atoms. The van der Waals surface area contributed by atoms with Gasteiger partial charge in [0, 0.05) is 10.5 Å². The van der Waals surface area contributed by atoms with E-state index in [1.54, 1.807) is 6.26 Å². The zero-order valence-electron chi connectivity index (χ0n) is 14.7. The van der Waals surface area contributed by atoms with E-state index in [2.05, 4.69) is 11.4 Å². The quantitative estimate of drug-likeness (QED) is 0.590. The molecular formula is C21H20N3O2S+. The van der Waals surface area contributed by atoms with Crippen molar-refractivity contribution >= 4 is 23.4 Å². The monoisotopic (exact) mass is 378 g/mol. The van der Waals surface area contributed by atoms with E-state index in [0.717, 1.165) is 21.9 Å². The van der Waals surface area contributed by atoms with Gasteiger partial charge in [-0.2, -0.15) is 5.26 Å². The van der Waals surface area contributed by atoms with Crippen LogP contribution >= 0.6 is 11.8 Å². The molecule has 3 N–H and O–H groups in total. The predicted octanol–water partition coefficient (Wildman–Crippen LogP) is 3.19. The molecule has 1 aromatic heterocycles. The third kappa shape index (κ3) is 5.23. The van der Waals surface area contributed by atoms with E-state index in [4.69, 9.17) is 9.68 Å². The average molecular weight is 378 g/mol. The Labute approximate surface area is 162 Å². The molecule has 0 fully saturated rings. The number of nitrogens with two attached hydrogens (primary N) is 1. The van der Waals surface area contributed by atoms with Crippen molar-refractivity contribution < 1.29 is 14.5 Å². The van der Waals surface area contributed by atoms with E-state index in [1.807, 2.05) is 72.0 Å².